The van der Waals surface area contributed by atoms with Crippen LogP contribution in [0.1, 0.15) is 11.1 Å². The summed E-state index contributed by atoms with van der Waals surface area (Å²) in [5, 5.41) is 17.9. The van der Waals surface area contributed by atoms with E-state index < -0.39 is 11.4 Å². The summed E-state index contributed by atoms with van der Waals surface area (Å²) in [7, 11) is 0. The van der Waals surface area contributed by atoms with E-state index in [1.165, 1.54) is 0 Å². The van der Waals surface area contributed by atoms with Gasteiger partial charge in [0.25, 0.3) is 0 Å². The molecule has 1 aromatic carbocycles. The minimum atomic E-state index is -1.23. The summed E-state index contributed by atoms with van der Waals surface area (Å²) in [6.45, 7) is 0. The fourth-order valence-corrected chi connectivity index (χ4v) is 1.89. The number of benzene rings is 1. The minimum absolute atomic E-state index is 0.328. The Morgan fingerprint density at radius 1 is 1.36 bits per heavy atom. The van der Waals surface area contributed by atoms with Crippen LogP contribution >= 0.6 is 0 Å². The quantitative estimate of drug-likeness (QED) is 0.722. The zero-order chi connectivity index (χ0) is 10.2. The van der Waals surface area contributed by atoms with Crippen LogP contribution in [0.4, 0.5) is 0 Å². The third kappa shape index (κ3) is 1.08. The van der Waals surface area contributed by atoms with Gasteiger partial charge < -0.3 is 5.11 Å². The summed E-state index contributed by atoms with van der Waals surface area (Å²) in [5.74, 6) is -1.02. The molecular weight excluding hydrogens is 178 g/mol. The van der Waals surface area contributed by atoms with Crippen molar-refractivity contribution in [3.63, 3.8) is 0 Å². The van der Waals surface area contributed by atoms with Crippen LogP contribution in [0.25, 0.3) is 0 Å². The minimum Gasteiger partial charge on any atom is -0.480 e. The predicted octanol–water partition coefficient (Wildman–Crippen LogP) is 1.38. The van der Waals surface area contributed by atoms with Gasteiger partial charge in [-0.05, 0) is 11.1 Å². The Labute approximate surface area is 81.6 Å². The van der Waals surface area contributed by atoms with Crippen molar-refractivity contribution in [1.82, 2.24) is 0 Å². The third-order valence-electron chi connectivity index (χ3n) is 2.73. The van der Waals surface area contributed by atoms with E-state index in [0.29, 0.717) is 12.8 Å². The first-order chi connectivity index (χ1) is 6.68. The van der Waals surface area contributed by atoms with Gasteiger partial charge in [0.2, 0.25) is 0 Å². The molecule has 0 heterocycles. The Morgan fingerprint density at radius 2 is 1.86 bits per heavy atom. The maximum Gasteiger partial charge on any atom is 0.324 e. The summed E-state index contributed by atoms with van der Waals surface area (Å²) in [4.78, 5) is 11.0. The summed E-state index contributed by atoms with van der Waals surface area (Å²) < 4.78 is 0. The van der Waals surface area contributed by atoms with Gasteiger partial charge in [0.15, 0.2) is 5.41 Å². The molecule has 0 atom stereocenters. The van der Waals surface area contributed by atoms with E-state index in [-0.39, 0.29) is 0 Å². The van der Waals surface area contributed by atoms with E-state index in [1.54, 1.807) is 0 Å². The molecular formula is C11H9NO2. The SMILES string of the molecule is N#CC1(C(=O)O)Cc2ccccc2C1. The van der Waals surface area contributed by atoms with Crippen molar-refractivity contribution in [3.05, 3.63) is 35.4 Å². The molecule has 3 nitrogen and oxygen atoms in total. The first kappa shape index (κ1) is 8.76. The second kappa shape index (κ2) is 2.85. The van der Waals surface area contributed by atoms with Gasteiger partial charge in [0.1, 0.15) is 0 Å². The Balaban J connectivity index is 2.44. The molecule has 0 saturated carbocycles. The number of hydrogen-bond donors (Lipinski definition) is 1. The van der Waals surface area contributed by atoms with Gasteiger partial charge >= 0.3 is 5.97 Å². The van der Waals surface area contributed by atoms with Crippen LogP contribution in [0.15, 0.2) is 24.3 Å². The summed E-state index contributed by atoms with van der Waals surface area (Å²) >= 11 is 0. The van der Waals surface area contributed by atoms with Crippen LogP contribution in [0.2, 0.25) is 0 Å². The van der Waals surface area contributed by atoms with Gasteiger partial charge in [-0.2, -0.15) is 5.26 Å². The van der Waals surface area contributed by atoms with Gasteiger partial charge in [0, 0.05) is 12.8 Å². The number of nitrogens with zero attached hydrogens (tertiary/aromatic N) is 1. The van der Waals surface area contributed by atoms with Crippen molar-refractivity contribution in [3.8, 4) is 6.07 Å². The number of hydrogen-bond acceptors (Lipinski definition) is 2. The number of fused-ring (bicyclic) bond motifs is 1. The number of carboxylic acid groups (broad SMARTS) is 1. The number of aliphatic carboxylic acids is 1. The molecule has 0 saturated heterocycles. The largest absolute Gasteiger partial charge is 0.480 e. The van der Waals surface area contributed by atoms with Crippen LogP contribution in [0, 0.1) is 16.7 Å². The van der Waals surface area contributed by atoms with Gasteiger partial charge in [-0.3, -0.25) is 4.79 Å². The first-order valence-corrected chi connectivity index (χ1v) is 4.39. The van der Waals surface area contributed by atoms with Crippen molar-refractivity contribution >= 4 is 5.97 Å². The van der Waals surface area contributed by atoms with E-state index in [4.69, 9.17) is 10.4 Å². The second-order valence-corrected chi connectivity index (χ2v) is 3.62. The van der Waals surface area contributed by atoms with Gasteiger partial charge in [-0.1, -0.05) is 24.3 Å². The molecule has 1 N–H and O–H groups in total. The Kier molecular flexibility index (Phi) is 1.78. The molecule has 1 aromatic rings. The topological polar surface area (TPSA) is 61.1 Å². The van der Waals surface area contributed by atoms with E-state index in [0.717, 1.165) is 11.1 Å². The number of carboxylic acids is 1. The highest BCUT2D eigenvalue weighted by molar-refractivity contribution is 5.80. The third-order valence-corrected chi connectivity index (χ3v) is 2.73. The number of rotatable bonds is 1. The molecule has 0 unspecified atom stereocenters. The number of carbonyl (C=O) groups is 1. The lowest BCUT2D eigenvalue weighted by Gasteiger charge is -2.12. The van der Waals surface area contributed by atoms with Crippen LogP contribution in [-0.4, -0.2) is 11.1 Å². The van der Waals surface area contributed by atoms with Crippen molar-refractivity contribution in [2.75, 3.05) is 0 Å². The number of nitriles is 1. The van der Waals surface area contributed by atoms with Crippen LogP contribution < -0.4 is 0 Å². The predicted molar refractivity (Wildman–Crippen MR) is 49.5 cm³/mol. The van der Waals surface area contributed by atoms with Gasteiger partial charge in [0.05, 0.1) is 6.07 Å². The average Bonchev–Trinajstić information content (AvgIpc) is 2.57. The Morgan fingerprint density at radius 3 is 2.21 bits per heavy atom. The maximum absolute atomic E-state index is 11.0. The van der Waals surface area contributed by atoms with E-state index >= 15 is 0 Å². The van der Waals surface area contributed by atoms with E-state index in [9.17, 15) is 4.79 Å². The zero-order valence-corrected chi connectivity index (χ0v) is 7.53. The second-order valence-electron chi connectivity index (χ2n) is 3.62. The van der Waals surface area contributed by atoms with Crippen LogP contribution in [-0.2, 0) is 17.6 Å². The van der Waals surface area contributed by atoms with Gasteiger partial charge in [-0.15, -0.1) is 0 Å². The fourth-order valence-electron chi connectivity index (χ4n) is 1.89. The molecule has 14 heavy (non-hydrogen) atoms. The molecule has 3 heteroatoms. The molecule has 70 valence electrons. The lowest BCUT2D eigenvalue weighted by Crippen LogP contribution is -2.29. The smallest absolute Gasteiger partial charge is 0.324 e. The molecule has 0 amide bonds. The molecule has 0 fully saturated rings. The molecule has 0 radical (unpaired) electrons. The highest BCUT2D eigenvalue weighted by Gasteiger charge is 2.44. The molecule has 1 aliphatic rings. The molecule has 0 aromatic heterocycles. The van der Waals surface area contributed by atoms with Crippen molar-refractivity contribution in [2.24, 2.45) is 5.41 Å². The summed E-state index contributed by atoms with van der Waals surface area (Å²) in [6.07, 6.45) is 0.657. The van der Waals surface area contributed by atoms with E-state index in [1.807, 2.05) is 30.3 Å². The van der Waals surface area contributed by atoms with Crippen molar-refractivity contribution in [2.45, 2.75) is 12.8 Å². The lowest BCUT2D eigenvalue weighted by atomic mass is 9.87. The highest BCUT2D eigenvalue weighted by Crippen LogP contribution is 2.36. The average molecular weight is 187 g/mol. The maximum atomic E-state index is 11.0. The molecule has 0 aliphatic heterocycles. The lowest BCUT2D eigenvalue weighted by molar-refractivity contribution is -0.145. The Bertz CT molecular complexity index is 406. The summed E-state index contributed by atoms with van der Waals surface area (Å²) in [5.41, 5.74) is 0.733. The molecule has 2 rings (SSSR count). The van der Waals surface area contributed by atoms with Crippen molar-refractivity contribution < 1.29 is 9.90 Å². The zero-order valence-electron chi connectivity index (χ0n) is 7.53. The standard InChI is InChI=1S/C11H9NO2/c12-7-11(10(13)14)5-8-3-1-2-4-9(8)6-11/h1-4H,5-6H2,(H,13,14). The molecule has 1 aliphatic carbocycles. The van der Waals surface area contributed by atoms with Gasteiger partial charge in [-0.25, -0.2) is 0 Å². The molecule has 0 bridgehead atoms. The Hall–Kier alpha value is -1.82. The fraction of sp³-hybridized carbons (Fsp3) is 0.273. The van der Waals surface area contributed by atoms with Crippen LogP contribution in [0.5, 0.6) is 0 Å². The monoisotopic (exact) mass is 187 g/mol. The highest BCUT2D eigenvalue weighted by atomic mass is 16.4. The van der Waals surface area contributed by atoms with Crippen molar-refractivity contribution in [1.29, 1.82) is 5.26 Å². The van der Waals surface area contributed by atoms with Crippen LogP contribution in [0.3, 0.4) is 0 Å². The first-order valence-electron chi connectivity index (χ1n) is 4.39. The summed E-state index contributed by atoms with van der Waals surface area (Å²) in [6, 6.07) is 9.44. The molecule has 0 spiro atoms. The normalized spacial score (nSPS) is 17.1. The van der Waals surface area contributed by atoms with E-state index in [2.05, 4.69) is 0 Å².